The van der Waals surface area contributed by atoms with Crippen LogP contribution < -0.4 is 5.32 Å². The lowest BCUT2D eigenvalue weighted by molar-refractivity contribution is 0.0625. The number of ether oxygens (including phenoxy) is 1. The number of nitrogens with one attached hydrogen (secondary N) is 1. The Morgan fingerprint density at radius 2 is 1.79 bits per heavy atom. The van der Waals surface area contributed by atoms with Gasteiger partial charge >= 0.3 is 0 Å². The first kappa shape index (κ1) is 10.4. The van der Waals surface area contributed by atoms with Crippen molar-refractivity contribution in [1.82, 2.24) is 5.32 Å². The molecule has 0 aromatic heterocycles. The molecule has 14 heavy (non-hydrogen) atoms. The minimum Gasteiger partial charge on any atom is -0.381 e. The van der Waals surface area contributed by atoms with Gasteiger partial charge in [0.15, 0.2) is 0 Å². The van der Waals surface area contributed by atoms with Crippen LogP contribution in [0.25, 0.3) is 0 Å². The zero-order chi connectivity index (χ0) is 9.80. The van der Waals surface area contributed by atoms with Crippen LogP contribution in [0, 0.1) is 5.92 Å². The molecule has 0 aromatic rings. The number of hydrogen-bond donors (Lipinski definition) is 1. The third kappa shape index (κ3) is 3.25. The van der Waals surface area contributed by atoms with E-state index in [1.807, 2.05) is 7.11 Å². The molecular weight excluding hydrogens is 174 g/mol. The van der Waals surface area contributed by atoms with Gasteiger partial charge in [0.05, 0.1) is 6.10 Å². The van der Waals surface area contributed by atoms with Gasteiger partial charge in [0.25, 0.3) is 0 Å². The first-order valence-corrected chi connectivity index (χ1v) is 6.14. The molecular formula is C12H23NO. The van der Waals surface area contributed by atoms with Gasteiger partial charge in [-0.25, -0.2) is 0 Å². The van der Waals surface area contributed by atoms with Crippen LogP contribution >= 0.6 is 0 Å². The maximum Gasteiger partial charge on any atom is 0.0572 e. The van der Waals surface area contributed by atoms with Crippen molar-refractivity contribution in [3.05, 3.63) is 0 Å². The number of rotatable bonds is 5. The van der Waals surface area contributed by atoms with Crippen LogP contribution in [0.2, 0.25) is 0 Å². The van der Waals surface area contributed by atoms with E-state index < -0.39 is 0 Å². The maximum atomic E-state index is 5.36. The summed E-state index contributed by atoms with van der Waals surface area (Å²) in [6.07, 6.45) is 10.0. The van der Waals surface area contributed by atoms with Crippen LogP contribution in [0.3, 0.4) is 0 Å². The SMILES string of the molecule is COC1CCC(NCCC2CC2)CC1. The Bertz CT molecular complexity index is 160. The third-order valence-corrected chi connectivity index (χ3v) is 3.69. The zero-order valence-electron chi connectivity index (χ0n) is 9.30. The van der Waals surface area contributed by atoms with E-state index >= 15 is 0 Å². The first-order valence-electron chi connectivity index (χ1n) is 6.14. The highest BCUT2D eigenvalue weighted by atomic mass is 16.5. The lowest BCUT2D eigenvalue weighted by atomic mass is 9.93. The van der Waals surface area contributed by atoms with E-state index in [0.29, 0.717) is 6.10 Å². The summed E-state index contributed by atoms with van der Waals surface area (Å²) < 4.78 is 5.36. The molecule has 2 fully saturated rings. The predicted molar refractivity (Wildman–Crippen MR) is 58.4 cm³/mol. The Balaban J connectivity index is 1.53. The molecule has 2 rings (SSSR count). The summed E-state index contributed by atoms with van der Waals surface area (Å²) in [5, 5.41) is 3.68. The van der Waals surface area contributed by atoms with E-state index in [1.54, 1.807) is 0 Å². The summed E-state index contributed by atoms with van der Waals surface area (Å²) in [6, 6.07) is 0.778. The van der Waals surface area contributed by atoms with E-state index in [-0.39, 0.29) is 0 Å². The molecule has 2 nitrogen and oxygen atoms in total. The van der Waals surface area contributed by atoms with Crippen LogP contribution in [-0.2, 0) is 4.74 Å². The first-order chi connectivity index (χ1) is 6.88. The standard InChI is InChI=1S/C12H23NO/c1-14-12-6-4-11(5-7-12)13-9-8-10-2-3-10/h10-13H,2-9H2,1H3. The minimum absolute atomic E-state index is 0.538. The average molecular weight is 197 g/mol. The molecule has 1 N–H and O–H groups in total. The van der Waals surface area contributed by atoms with Gasteiger partial charge in [-0.1, -0.05) is 12.8 Å². The molecule has 0 aromatic carbocycles. The topological polar surface area (TPSA) is 21.3 Å². The second-order valence-electron chi connectivity index (χ2n) is 4.90. The molecule has 2 heteroatoms. The molecule has 0 aliphatic heterocycles. The van der Waals surface area contributed by atoms with Crippen LogP contribution in [-0.4, -0.2) is 25.8 Å². The Hall–Kier alpha value is -0.0800. The van der Waals surface area contributed by atoms with Gasteiger partial charge in [-0.2, -0.15) is 0 Å². The maximum absolute atomic E-state index is 5.36. The van der Waals surface area contributed by atoms with Crippen LogP contribution in [0.1, 0.15) is 44.9 Å². The van der Waals surface area contributed by atoms with Crippen molar-refractivity contribution >= 4 is 0 Å². The van der Waals surface area contributed by atoms with Gasteiger partial charge in [-0.3, -0.25) is 0 Å². The van der Waals surface area contributed by atoms with Gasteiger partial charge in [-0.05, 0) is 44.6 Å². The van der Waals surface area contributed by atoms with E-state index in [9.17, 15) is 0 Å². The van der Waals surface area contributed by atoms with E-state index in [4.69, 9.17) is 4.74 Å². The molecule has 82 valence electrons. The molecule has 0 unspecified atom stereocenters. The Kier molecular flexibility index (Phi) is 3.82. The van der Waals surface area contributed by atoms with Crippen LogP contribution in [0.15, 0.2) is 0 Å². The molecule has 0 radical (unpaired) electrons. The molecule has 2 saturated carbocycles. The summed E-state index contributed by atoms with van der Waals surface area (Å²) in [7, 11) is 1.84. The summed E-state index contributed by atoms with van der Waals surface area (Å²) in [4.78, 5) is 0. The van der Waals surface area contributed by atoms with Crippen molar-refractivity contribution in [3.63, 3.8) is 0 Å². The average Bonchev–Trinajstić information content (AvgIpc) is 3.03. The molecule has 0 heterocycles. The molecule has 0 saturated heterocycles. The van der Waals surface area contributed by atoms with E-state index in [1.165, 1.54) is 51.5 Å². The highest BCUT2D eigenvalue weighted by Gasteiger charge is 2.23. The number of methoxy groups -OCH3 is 1. The molecule has 2 aliphatic rings. The molecule has 0 atom stereocenters. The molecule has 0 spiro atoms. The van der Waals surface area contributed by atoms with Crippen molar-refractivity contribution in [2.75, 3.05) is 13.7 Å². The van der Waals surface area contributed by atoms with Gasteiger partial charge < -0.3 is 10.1 Å². The summed E-state index contributed by atoms with van der Waals surface area (Å²) >= 11 is 0. The molecule has 0 amide bonds. The monoisotopic (exact) mass is 197 g/mol. The summed E-state index contributed by atoms with van der Waals surface area (Å²) in [6.45, 7) is 1.24. The van der Waals surface area contributed by atoms with Crippen molar-refractivity contribution < 1.29 is 4.74 Å². The van der Waals surface area contributed by atoms with Gasteiger partial charge in [0.1, 0.15) is 0 Å². The smallest absolute Gasteiger partial charge is 0.0572 e. The van der Waals surface area contributed by atoms with Crippen LogP contribution in [0.4, 0.5) is 0 Å². The van der Waals surface area contributed by atoms with E-state index in [2.05, 4.69) is 5.32 Å². The van der Waals surface area contributed by atoms with Crippen molar-refractivity contribution in [2.45, 2.75) is 57.1 Å². The minimum atomic E-state index is 0.538. The summed E-state index contributed by atoms with van der Waals surface area (Å²) in [5.41, 5.74) is 0. The lowest BCUT2D eigenvalue weighted by Gasteiger charge is -2.28. The summed E-state index contributed by atoms with van der Waals surface area (Å²) in [5.74, 6) is 1.07. The third-order valence-electron chi connectivity index (χ3n) is 3.69. The van der Waals surface area contributed by atoms with Gasteiger partial charge in [-0.15, -0.1) is 0 Å². The quantitative estimate of drug-likeness (QED) is 0.730. The fourth-order valence-corrected chi connectivity index (χ4v) is 2.40. The number of hydrogen-bond acceptors (Lipinski definition) is 2. The Labute approximate surface area is 87.4 Å². The Morgan fingerprint density at radius 1 is 1.07 bits per heavy atom. The normalized spacial score (nSPS) is 33.2. The predicted octanol–water partition coefficient (Wildman–Crippen LogP) is 2.33. The fourth-order valence-electron chi connectivity index (χ4n) is 2.40. The van der Waals surface area contributed by atoms with E-state index in [0.717, 1.165) is 12.0 Å². The van der Waals surface area contributed by atoms with Crippen LogP contribution in [0.5, 0.6) is 0 Å². The molecule has 2 aliphatic carbocycles. The van der Waals surface area contributed by atoms with Crippen molar-refractivity contribution in [1.29, 1.82) is 0 Å². The van der Waals surface area contributed by atoms with Gasteiger partial charge in [0, 0.05) is 13.2 Å². The fraction of sp³-hybridized carbons (Fsp3) is 1.00. The van der Waals surface area contributed by atoms with Crippen molar-refractivity contribution in [3.8, 4) is 0 Å². The largest absolute Gasteiger partial charge is 0.381 e. The van der Waals surface area contributed by atoms with Crippen molar-refractivity contribution in [2.24, 2.45) is 5.92 Å². The lowest BCUT2D eigenvalue weighted by Crippen LogP contribution is -2.35. The Morgan fingerprint density at radius 3 is 2.36 bits per heavy atom. The zero-order valence-corrected chi connectivity index (χ0v) is 9.30. The highest BCUT2D eigenvalue weighted by molar-refractivity contribution is 4.79. The molecule has 0 bridgehead atoms. The second-order valence-corrected chi connectivity index (χ2v) is 4.90. The highest BCUT2D eigenvalue weighted by Crippen LogP contribution is 2.32. The second kappa shape index (κ2) is 5.13. The van der Waals surface area contributed by atoms with Gasteiger partial charge in [0.2, 0.25) is 0 Å².